The lowest BCUT2D eigenvalue weighted by Gasteiger charge is -2.19. The third kappa shape index (κ3) is 5.44. The average Bonchev–Trinajstić information content (AvgIpc) is 2.36. The number of ether oxygens (including phenoxy) is 1. The Labute approximate surface area is 116 Å². The first-order valence-electron chi connectivity index (χ1n) is 6.30. The van der Waals surface area contributed by atoms with Crippen molar-refractivity contribution in [3.63, 3.8) is 0 Å². The highest BCUT2D eigenvalue weighted by atomic mass is 19.1. The molecule has 0 aliphatic carbocycles. The fourth-order valence-corrected chi connectivity index (χ4v) is 1.68. The van der Waals surface area contributed by atoms with Gasteiger partial charge in [0.1, 0.15) is 11.6 Å². The van der Waals surface area contributed by atoms with Gasteiger partial charge < -0.3 is 4.74 Å². The minimum Gasteiger partial charge on any atom is -0.369 e. The van der Waals surface area contributed by atoms with Crippen LogP contribution in [0.5, 0.6) is 0 Å². The molecule has 2 atom stereocenters. The van der Waals surface area contributed by atoms with Gasteiger partial charge in [-0.15, -0.1) is 0 Å². The molecule has 0 aromatic heterocycles. The van der Waals surface area contributed by atoms with Crippen LogP contribution in [0.2, 0.25) is 0 Å². The summed E-state index contributed by atoms with van der Waals surface area (Å²) in [5.74, 6) is -1.29. The predicted molar refractivity (Wildman–Crippen MR) is 70.5 cm³/mol. The number of nitrogens with zero attached hydrogens (tertiary/aromatic N) is 1. The lowest BCUT2D eigenvalue weighted by Crippen LogP contribution is -2.19. The molecule has 0 saturated heterocycles. The summed E-state index contributed by atoms with van der Waals surface area (Å²) in [5, 5.41) is 10.3. The minimum absolute atomic E-state index is 0.00819. The van der Waals surface area contributed by atoms with Crippen molar-refractivity contribution in [3.05, 3.63) is 57.8 Å². The summed E-state index contributed by atoms with van der Waals surface area (Å²) in [5.41, 5.74) is 0.352. The first-order valence-corrected chi connectivity index (χ1v) is 6.30. The summed E-state index contributed by atoms with van der Waals surface area (Å²) >= 11 is 0. The maximum absolute atomic E-state index is 13.0. The van der Waals surface area contributed by atoms with Crippen LogP contribution in [0.25, 0.3) is 0 Å². The molecule has 6 heteroatoms. The first-order chi connectivity index (χ1) is 9.42. The molecule has 1 rings (SSSR count). The Kier molecular flexibility index (Phi) is 6.24. The third-order valence-corrected chi connectivity index (χ3v) is 2.97. The van der Waals surface area contributed by atoms with E-state index in [4.69, 9.17) is 4.74 Å². The molecule has 0 fully saturated rings. The lowest BCUT2D eigenvalue weighted by atomic mass is 10.0. The van der Waals surface area contributed by atoms with Gasteiger partial charge in [-0.2, -0.15) is 0 Å². The van der Waals surface area contributed by atoms with Crippen LogP contribution in [0.3, 0.4) is 0 Å². The number of rotatable bonds is 7. The monoisotopic (exact) mass is 285 g/mol. The maximum Gasteiger partial charge on any atom is 0.233 e. The van der Waals surface area contributed by atoms with Gasteiger partial charge in [0.15, 0.2) is 0 Å². The van der Waals surface area contributed by atoms with Crippen LogP contribution in [0.4, 0.5) is 8.78 Å². The van der Waals surface area contributed by atoms with Crippen LogP contribution >= 0.6 is 0 Å². The van der Waals surface area contributed by atoms with E-state index in [9.17, 15) is 18.9 Å². The van der Waals surface area contributed by atoms with Crippen molar-refractivity contribution in [2.75, 3.05) is 0 Å². The molecule has 0 saturated carbocycles. The Balaban J connectivity index is 2.72. The molecule has 0 amide bonds. The highest BCUT2D eigenvalue weighted by molar-refractivity contribution is 5.17. The molecule has 0 bridgehead atoms. The largest absolute Gasteiger partial charge is 0.369 e. The van der Waals surface area contributed by atoms with E-state index >= 15 is 0 Å². The summed E-state index contributed by atoms with van der Waals surface area (Å²) in [4.78, 5) is 9.77. The number of hydrogen-bond acceptors (Lipinski definition) is 3. The van der Waals surface area contributed by atoms with E-state index in [1.54, 1.807) is 0 Å². The van der Waals surface area contributed by atoms with Gasteiger partial charge in [0, 0.05) is 12.1 Å². The second-order valence-electron chi connectivity index (χ2n) is 4.57. The van der Waals surface area contributed by atoms with Gasteiger partial charge in [0.2, 0.25) is 6.20 Å². The number of halogens is 2. The van der Waals surface area contributed by atoms with Gasteiger partial charge in [0.25, 0.3) is 0 Å². The average molecular weight is 285 g/mol. The van der Waals surface area contributed by atoms with E-state index in [1.807, 2.05) is 13.8 Å². The van der Waals surface area contributed by atoms with Crippen molar-refractivity contribution >= 4 is 0 Å². The zero-order valence-corrected chi connectivity index (χ0v) is 11.4. The molecule has 0 unspecified atom stereocenters. The Bertz CT molecular complexity index is 471. The zero-order chi connectivity index (χ0) is 15.1. The van der Waals surface area contributed by atoms with Crippen molar-refractivity contribution in [2.24, 2.45) is 5.92 Å². The van der Waals surface area contributed by atoms with E-state index in [1.165, 1.54) is 18.2 Å². The molecular weight excluding hydrogens is 268 g/mol. The predicted octanol–water partition coefficient (Wildman–Crippen LogP) is 3.69. The molecule has 110 valence electrons. The second-order valence-corrected chi connectivity index (χ2v) is 4.57. The topological polar surface area (TPSA) is 52.4 Å². The zero-order valence-electron chi connectivity index (χ0n) is 11.4. The molecule has 0 spiro atoms. The maximum atomic E-state index is 13.0. The SMILES string of the molecule is CC[C@H](C)[C@@H](C=C[N+](=O)[O-])OCc1cc(F)cc(F)c1. The molecule has 0 N–H and O–H groups in total. The van der Waals surface area contributed by atoms with Crippen molar-refractivity contribution in [1.29, 1.82) is 0 Å². The van der Waals surface area contributed by atoms with E-state index in [0.29, 0.717) is 5.56 Å². The van der Waals surface area contributed by atoms with E-state index in [-0.39, 0.29) is 12.5 Å². The van der Waals surface area contributed by atoms with Crippen molar-refractivity contribution in [1.82, 2.24) is 0 Å². The highest BCUT2D eigenvalue weighted by Crippen LogP contribution is 2.16. The van der Waals surface area contributed by atoms with Gasteiger partial charge in [-0.05, 0) is 23.6 Å². The van der Waals surface area contributed by atoms with Gasteiger partial charge in [-0.3, -0.25) is 10.1 Å². The Morgan fingerprint density at radius 3 is 2.45 bits per heavy atom. The molecule has 0 heterocycles. The number of hydrogen-bond donors (Lipinski definition) is 0. The number of benzene rings is 1. The van der Waals surface area contributed by atoms with Crippen LogP contribution < -0.4 is 0 Å². The second kappa shape index (κ2) is 7.69. The fourth-order valence-electron chi connectivity index (χ4n) is 1.68. The minimum atomic E-state index is -0.676. The standard InChI is InChI=1S/C14H17F2NO3/c1-3-10(2)14(4-5-17(18)19)20-9-11-6-12(15)8-13(16)7-11/h4-8,10,14H,3,9H2,1-2H3/t10-,14+/m0/s1. The van der Waals surface area contributed by atoms with Crippen LogP contribution in [0, 0.1) is 27.7 Å². The van der Waals surface area contributed by atoms with Crippen molar-refractivity contribution < 1.29 is 18.4 Å². The molecule has 1 aromatic carbocycles. The highest BCUT2D eigenvalue weighted by Gasteiger charge is 2.15. The van der Waals surface area contributed by atoms with Crippen LogP contribution in [0.15, 0.2) is 30.5 Å². The third-order valence-electron chi connectivity index (χ3n) is 2.97. The molecule has 0 aliphatic heterocycles. The van der Waals surface area contributed by atoms with Crippen LogP contribution in [0.1, 0.15) is 25.8 Å². The summed E-state index contributed by atoms with van der Waals surface area (Å²) in [6.07, 6.45) is 2.47. The molecule has 4 nitrogen and oxygen atoms in total. The van der Waals surface area contributed by atoms with Gasteiger partial charge in [-0.1, -0.05) is 20.3 Å². The molecule has 1 aromatic rings. The van der Waals surface area contributed by atoms with Gasteiger partial charge in [-0.25, -0.2) is 8.78 Å². The summed E-state index contributed by atoms with van der Waals surface area (Å²) in [7, 11) is 0. The Hall–Kier alpha value is -1.82. The Morgan fingerprint density at radius 1 is 1.35 bits per heavy atom. The Morgan fingerprint density at radius 2 is 1.95 bits per heavy atom. The summed E-state index contributed by atoms with van der Waals surface area (Å²) in [6, 6.07) is 3.13. The quantitative estimate of drug-likeness (QED) is 0.567. The molecular formula is C14H17F2NO3. The molecule has 20 heavy (non-hydrogen) atoms. The normalized spacial score (nSPS) is 14.4. The van der Waals surface area contributed by atoms with E-state index in [0.717, 1.165) is 18.7 Å². The van der Waals surface area contributed by atoms with Gasteiger partial charge >= 0.3 is 0 Å². The lowest BCUT2D eigenvalue weighted by molar-refractivity contribution is -0.403. The van der Waals surface area contributed by atoms with Crippen molar-refractivity contribution in [3.8, 4) is 0 Å². The van der Waals surface area contributed by atoms with E-state index < -0.39 is 22.7 Å². The summed E-state index contributed by atoms with van der Waals surface area (Å²) in [6.45, 7) is 3.82. The van der Waals surface area contributed by atoms with Crippen LogP contribution in [-0.2, 0) is 11.3 Å². The van der Waals surface area contributed by atoms with Crippen LogP contribution in [-0.4, -0.2) is 11.0 Å². The van der Waals surface area contributed by atoms with Gasteiger partial charge in [0.05, 0.1) is 17.6 Å². The smallest absolute Gasteiger partial charge is 0.233 e. The molecule has 0 radical (unpaired) electrons. The first kappa shape index (κ1) is 16.2. The summed E-state index contributed by atoms with van der Waals surface area (Å²) < 4.78 is 31.6. The van der Waals surface area contributed by atoms with Crippen molar-refractivity contribution in [2.45, 2.75) is 33.0 Å². The van der Waals surface area contributed by atoms with E-state index in [2.05, 4.69) is 0 Å². The fraction of sp³-hybridized carbons (Fsp3) is 0.429. The number of nitro groups is 1. The molecule has 0 aliphatic rings.